The van der Waals surface area contributed by atoms with Gasteiger partial charge in [-0.2, -0.15) is 0 Å². The van der Waals surface area contributed by atoms with Gasteiger partial charge in [-0.25, -0.2) is 0 Å². The maximum Gasteiger partial charge on any atom is 0.167 e. The standard InChI is InChI=1S/C31H35NO2/c1-22-24(11-7-17-32-22)19-29(33)26-13-14-28-25(18-26)10-6-12-27-21-30(2,34)15-16-31(27,28)20-23-8-4-3-5-9-23/h3-5,7-9,11,13-14,17-18,27,34H,6,10,12,15-16,19-21H2,1-2H3/t27-,30+,31-/m0/s1. The number of carbonyl (C=O) groups is 1. The molecular weight excluding hydrogens is 418 g/mol. The summed E-state index contributed by atoms with van der Waals surface area (Å²) in [4.78, 5) is 17.6. The Labute approximate surface area is 203 Å². The van der Waals surface area contributed by atoms with Gasteiger partial charge in [0.15, 0.2) is 5.78 Å². The molecule has 3 nitrogen and oxygen atoms in total. The quantitative estimate of drug-likeness (QED) is 0.469. The molecule has 3 aromatic rings. The lowest BCUT2D eigenvalue weighted by atomic mass is 9.56. The molecule has 0 spiro atoms. The Morgan fingerprint density at radius 2 is 1.91 bits per heavy atom. The minimum absolute atomic E-state index is 0.0109. The highest BCUT2D eigenvalue weighted by Gasteiger charge is 2.49. The number of aromatic nitrogens is 1. The Morgan fingerprint density at radius 1 is 1.09 bits per heavy atom. The number of carbonyl (C=O) groups excluding carboxylic acids is 1. The van der Waals surface area contributed by atoms with Crippen molar-refractivity contribution in [1.82, 2.24) is 4.98 Å². The third kappa shape index (κ3) is 4.46. The third-order valence-electron chi connectivity index (χ3n) is 8.37. The number of nitrogens with zero attached hydrogens (tertiary/aromatic N) is 1. The molecule has 1 heterocycles. The summed E-state index contributed by atoms with van der Waals surface area (Å²) in [5.41, 5.74) is 6.23. The molecule has 5 rings (SSSR count). The molecule has 2 aliphatic rings. The van der Waals surface area contributed by atoms with E-state index in [9.17, 15) is 9.90 Å². The van der Waals surface area contributed by atoms with Crippen LogP contribution >= 0.6 is 0 Å². The lowest BCUT2D eigenvalue weighted by molar-refractivity contribution is -0.0330. The normalized spacial score (nSPS) is 26.3. The van der Waals surface area contributed by atoms with Crippen molar-refractivity contribution in [2.75, 3.05) is 0 Å². The summed E-state index contributed by atoms with van der Waals surface area (Å²) < 4.78 is 0. The molecule has 0 bridgehead atoms. The third-order valence-corrected chi connectivity index (χ3v) is 8.37. The zero-order valence-corrected chi connectivity index (χ0v) is 20.4. The zero-order valence-electron chi connectivity index (χ0n) is 20.4. The largest absolute Gasteiger partial charge is 0.390 e. The van der Waals surface area contributed by atoms with E-state index in [0.717, 1.165) is 61.8 Å². The first-order valence-corrected chi connectivity index (χ1v) is 12.7. The van der Waals surface area contributed by atoms with E-state index in [2.05, 4.69) is 53.5 Å². The fourth-order valence-electron chi connectivity index (χ4n) is 6.52. The van der Waals surface area contributed by atoms with Crippen molar-refractivity contribution in [2.24, 2.45) is 5.92 Å². The summed E-state index contributed by atoms with van der Waals surface area (Å²) in [5, 5.41) is 11.0. The van der Waals surface area contributed by atoms with E-state index in [1.165, 1.54) is 16.7 Å². The average Bonchev–Trinajstić information content (AvgIpc) is 2.97. The predicted octanol–water partition coefficient (Wildman–Crippen LogP) is 6.18. The van der Waals surface area contributed by atoms with Crippen LogP contribution in [0.2, 0.25) is 0 Å². The molecule has 1 saturated carbocycles. The van der Waals surface area contributed by atoms with E-state index in [4.69, 9.17) is 0 Å². The number of aliphatic hydroxyl groups is 1. The smallest absolute Gasteiger partial charge is 0.167 e. The number of ketones is 1. The molecule has 3 heteroatoms. The summed E-state index contributed by atoms with van der Waals surface area (Å²) in [7, 11) is 0. The number of pyridine rings is 1. The molecule has 0 amide bonds. The summed E-state index contributed by atoms with van der Waals surface area (Å²) in [6.45, 7) is 3.97. The van der Waals surface area contributed by atoms with Gasteiger partial charge in [-0.05, 0) is 99.1 Å². The van der Waals surface area contributed by atoms with Crippen molar-refractivity contribution in [3.63, 3.8) is 0 Å². The van der Waals surface area contributed by atoms with Gasteiger partial charge >= 0.3 is 0 Å². The van der Waals surface area contributed by atoms with Gasteiger partial charge in [0, 0.05) is 29.3 Å². The van der Waals surface area contributed by atoms with Crippen LogP contribution in [0.15, 0.2) is 66.9 Å². The van der Waals surface area contributed by atoms with Crippen LogP contribution in [0.4, 0.5) is 0 Å². The van der Waals surface area contributed by atoms with Crippen molar-refractivity contribution >= 4 is 5.78 Å². The first kappa shape index (κ1) is 23.0. The number of aryl methyl sites for hydroxylation is 2. The predicted molar refractivity (Wildman–Crippen MR) is 136 cm³/mol. The molecule has 2 aliphatic carbocycles. The summed E-state index contributed by atoms with van der Waals surface area (Å²) in [6, 6.07) is 21.2. The van der Waals surface area contributed by atoms with Gasteiger partial charge in [0.25, 0.3) is 0 Å². The number of hydrogen-bond donors (Lipinski definition) is 1. The van der Waals surface area contributed by atoms with E-state index >= 15 is 0 Å². The van der Waals surface area contributed by atoms with Gasteiger partial charge < -0.3 is 5.11 Å². The molecule has 0 aliphatic heterocycles. The van der Waals surface area contributed by atoms with Crippen LogP contribution in [0.5, 0.6) is 0 Å². The number of fused-ring (bicyclic) bond motifs is 3. The number of rotatable bonds is 5. The van der Waals surface area contributed by atoms with Crippen molar-refractivity contribution in [2.45, 2.75) is 76.2 Å². The van der Waals surface area contributed by atoms with Crippen LogP contribution in [-0.4, -0.2) is 21.5 Å². The Balaban J connectivity index is 1.52. The lowest BCUT2D eigenvalue weighted by Crippen LogP contribution is -2.47. The van der Waals surface area contributed by atoms with E-state index < -0.39 is 5.60 Å². The van der Waals surface area contributed by atoms with E-state index in [1.807, 2.05) is 26.0 Å². The van der Waals surface area contributed by atoms with Crippen LogP contribution in [0, 0.1) is 12.8 Å². The minimum atomic E-state index is -0.590. The van der Waals surface area contributed by atoms with Gasteiger partial charge in [-0.3, -0.25) is 9.78 Å². The monoisotopic (exact) mass is 453 g/mol. The van der Waals surface area contributed by atoms with Gasteiger partial charge in [-0.1, -0.05) is 48.5 Å². The highest BCUT2D eigenvalue weighted by Crippen LogP contribution is 2.53. The van der Waals surface area contributed by atoms with Gasteiger partial charge in [-0.15, -0.1) is 0 Å². The SMILES string of the molecule is Cc1ncccc1CC(=O)c1ccc2c(c1)CCC[C@H]1C[C@](C)(O)CC[C@@]21Cc1ccccc1. The van der Waals surface area contributed by atoms with Gasteiger partial charge in [0.1, 0.15) is 0 Å². The zero-order chi connectivity index (χ0) is 23.8. The van der Waals surface area contributed by atoms with Crippen molar-refractivity contribution in [3.05, 3.63) is 100 Å². The van der Waals surface area contributed by atoms with Gasteiger partial charge in [0.2, 0.25) is 0 Å². The minimum Gasteiger partial charge on any atom is -0.390 e. The van der Waals surface area contributed by atoms with E-state index in [-0.39, 0.29) is 11.2 Å². The Bertz CT molecular complexity index is 1180. The molecule has 3 atom stereocenters. The first-order valence-electron chi connectivity index (χ1n) is 12.7. The molecule has 0 saturated heterocycles. The maximum absolute atomic E-state index is 13.2. The second-order valence-electron chi connectivity index (χ2n) is 10.8. The second-order valence-corrected chi connectivity index (χ2v) is 10.8. The second kappa shape index (κ2) is 9.11. The molecule has 1 aromatic heterocycles. The molecule has 0 unspecified atom stereocenters. The summed E-state index contributed by atoms with van der Waals surface area (Å²) in [6.07, 6.45) is 9.02. The van der Waals surface area contributed by atoms with Crippen molar-refractivity contribution < 1.29 is 9.90 Å². The van der Waals surface area contributed by atoms with Crippen LogP contribution in [0.25, 0.3) is 0 Å². The number of Topliss-reactive ketones (excluding diaryl/α,β-unsaturated/α-hetero) is 1. The molecule has 34 heavy (non-hydrogen) atoms. The Morgan fingerprint density at radius 3 is 2.71 bits per heavy atom. The first-order chi connectivity index (χ1) is 16.4. The summed E-state index contributed by atoms with van der Waals surface area (Å²) in [5.74, 6) is 0.598. The average molecular weight is 454 g/mol. The molecule has 176 valence electrons. The molecule has 0 radical (unpaired) electrons. The molecule has 1 N–H and O–H groups in total. The fourth-order valence-corrected chi connectivity index (χ4v) is 6.52. The molecule has 1 fully saturated rings. The number of benzene rings is 2. The Kier molecular flexibility index (Phi) is 6.16. The lowest BCUT2D eigenvalue weighted by Gasteiger charge is -2.49. The van der Waals surface area contributed by atoms with Crippen LogP contribution in [0.3, 0.4) is 0 Å². The van der Waals surface area contributed by atoms with Crippen molar-refractivity contribution in [1.29, 1.82) is 0 Å². The van der Waals surface area contributed by atoms with Gasteiger partial charge in [0.05, 0.1) is 5.60 Å². The van der Waals surface area contributed by atoms with Crippen molar-refractivity contribution in [3.8, 4) is 0 Å². The number of hydrogen-bond acceptors (Lipinski definition) is 3. The topological polar surface area (TPSA) is 50.2 Å². The summed E-state index contributed by atoms with van der Waals surface area (Å²) >= 11 is 0. The van der Waals surface area contributed by atoms with Crippen LogP contribution in [0.1, 0.15) is 77.3 Å². The van der Waals surface area contributed by atoms with E-state index in [1.54, 1.807) is 6.20 Å². The molecule has 2 aromatic carbocycles. The fraction of sp³-hybridized carbons (Fsp3) is 0.419. The molecular formula is C31H35NO2. The highest BCUT2D eigenvalue weighted by molar-refractivity contribution is 5.97. The maximum atomic E-state index is 13.2. The van der Waals surface area contributed by atoms with Crippen LogP contribution in [-0.2, 0) is 24.7 Å². The Hall–Kier alpha value is -2.78. The van der Waals surface area contributed by atoms with E-state index in [0.29, 0.717) is 12.3 Å². The highest BCUT2D eigenvalue weighted by atomic mass is 16.3. The van der Waals surface area contributed by atoms with Crippen LogP contribution < -0.4 is 0 Å².